The number of Topliss-reactive ketones (excluding diaryl/α,β-unsaturated/α-hetero) is 1. The van der Waals surface area contributed by atoms with Crippen LogP contribution in [0.1, 0.15) is 32.0 Å². The number of esters is 1. The minimum Gasteiger partial charge on any atom is -0.453 e. The molecule has 0 spiro atoms. The Morgan fingerprint density at radius 3 is 2.23 bits per heavy atom. The van der Waals surface area contributed by atoms with Crippen LogP contribution in [0, 0.1) is 13.8 Å². The monoisotopic (exact) mass is 410 g/mol. The molecular formula is C26H22N2O3. The zero-order valence-electron chi connectivity index (χ0n) is 17.4. The molecule has 5 heteroatoms. The third-order valence-corrected chi connectivity index (χ3v) is 5.01. The molecule has 0 aliphatic carbocycles. The fourth-order valence-electron chi connectivity index (χ4n) is 3.45. The van der Waals surface area contributed by atoms with Crippen molar-refractivity contribution in [2.75, 3.05) is 6.61 Å². The maximum absolute atomic E-state index is 12.9. The summed E-state index contributed by atoms with van der Waals surface area (Å²) in [7, 11) is 0. The van der Waals surface area contributed by atoms with Gasteiger partial charge >= 0.3 is 5.97 Å². The number of carbonyl (C=O) groups is 2. The predicted molar refractivity (Wildman–Crippen MR) is 120 cm³/mol. The molecule has 1 aromatic heterocycles. The van der Waals surface area contributed by atoms with Gasteiger partial charge in [0.05, 0.1) is 11.4 Å². The third kappa shape index (κ3) is 4.46. The van der Waals surface area contributed by atoms with E-state index in [1.807, 2.05) is 86.6 Å². The second-order valence-electron chi connectivity index (χ2n) is 7.35. The zero-order valence-corrected chi connectivity index (χ0v) is 17.4. The van der Waals surface area contributed by atoms with E-state index < -0.39 is 5.97 Å². The van der Waals surface area contributed by atoms with Gasteiger partial charge in [0.25, 0.3) is 0 Å². The van der Waals surface area contributed by atoms with Gasteiger partial charge in [-0.3, -0.25) is 4.79 Å². The summed E-state index contributed by atoms with van der Waals surface area (Å²) in [5.74, 6) is -0.837. The lowest BCUT2D eigenvalue weighted by molar-refractivity contribution is 0.0465. The van der Waals surface area contributed by atoms with Crippen LogP contribution in [0.3, 0.4) is 0 Å². The maximum Gasteiger partial charge on any atom is 0.357 e. The summed E-state index contributed by atoms with van der Waals surface area (Å²) < 4.78 is 6.94. The number of aryl methyl sites for hydroxylation is 2. The lowest BCUT2D eigenvalue weighted by Gasteiger charge is -2.09. The number of para-hydroxylation sites is 1. The van der Waals surface area contributed by atoms with Crippen molar-refractivity contribution in [2.24, 2.45) is 0 Å². The molecule has 0 radical (unpaired) electrons. The van der Waals surface area contributed by atoms with Crippen molar-refractivity contribution in [3.05, 3.63) is 107 Å². The molecule has 0 N–H and O–H groups in total. The first kappa shape index (κ1) is 20.3. The van der Waals surface area contributed by atoms with Crippen LogP contribution in [0.5, 0.6) is 0 Å². The molecule has 0 atom stereocenters. The first-order chi connectivity index (χ1) is 15.0. The van der Waals surface area contributed by atoms with Gasteiger partial charge in [-0.2, -0.15) is 5.10 Å². The van der Waals surface area contributed by atoms with Crippen molar-refractivity contribution in [3.63, 3.8) is 0 Å². The maximum atomic E-state index is 12.9. The molecule has 0 aliphatic rings. The fraction of sp³-hybridized carbons (Fsp3) is 0.115. The van der Waals surface area contributed by atoms with Gasteiger partial charge in [0, 0.05) is 11.1 Å². The van der Waals surface area contributed by atoms with Crippen molar-refractivity contribution < 1.29 is 14.3 Å². The molecular weight excluding hydrogens is 388 g/mol. The Bertz CT molecular complexity index is 1230. The molecule has 0 fully saturated rings. The van der Waals surface area contributed by atoms with E-state index >= 15 is 0 Å². The third-order valence-electron chi connectivity index (χ3n) is 5.01. The molecule has 1 heterocycles. The molecule has 3 aromatic carbocycles. The Labute approximate surface area is 180 Å². The number of ether oxygens (including phenoxy) is 1. The summed E-state index contributed by atoms with van der Waals surface area (Å²) in [6.45, 7) is 3.51. The van der Waals surface area contributed by atoms with Gasteiger partial charge in [-0.25, -0.2) is 9.48 Å². The Morgan fingerprint density at radius 2 is 1.55 bits per heavy atom. The summed E-state index contributed by atoms with van der Waals surface area (Å²) >= 11 is 0. The second kappa shape index (κ2) is 8.79. The number of ketones is 1. The van der Waals surface area contributed by atoms with Gasteiger partial charge in [0.15, 0.2) is 12.3 Å². The largest absolute Gasteiger partial charge is 0.453 e. The van der Waals surface area contributed by atoms with E-state index in [4.69, 9.17) is 4.74 Å². The van der Waals surface area contributed by atoms with E-state index in [1.165, 1.54) is 0 Å². The molecule has 5 nitrogen and oxygen atoms in total. The number of aromatic nitrogens is 2. The first-order valence-corrected chi connectivity index (χ1v) is 10.0. The van der Waals surface area contributed by atoms with E-state index in [-0.39, 0.29) is 18.1 Å². The fourth-order valence-corrected chi connectivity index (χ4v) is 3.45. The van der Waals surface area contributed by atoms with Crippen molar-refractivity contribution >= 4 is 11.8 Å². The zero-order chi connectivity index (χ0) is 21.8. The Hall–Kier alpha value is -3.99. The topological polar surface area (TPSA) is 61.2 Å². The second-order valence-corrected chi connectivity index (χ2v) is 7.35. The van der Waals surface area contributed by atoms with Gasteiger partial charge < -0.3 is 4.74 Å². The predicted octanol–water partition coefficient (Wildman–Crippen LogP) is 5.20. The van der Waals surface area contributed by atoms with Gasteiger partial charge in [0.1, 0.15) is 0 Å². The first-order valence-electron chi connectivity index (χ1n) is 10.0. The van der Waals surface area contributed by atoms with Gasteiger partial charge in [0.2, 0.25) is 5.78 Å². The van der Waals surface area contributed by atoms with Gasteiger partial charge in [-0.1, -0.05) is 72.3 Å². The molecule has 0 saturated carbocycles. The summed E-state index contributed by atoms with van der Waals surface area (Å²) in [6, 6.07) is 26.2. The number of rotatable bonds is 6. The van der Waals surface area contributed by atoms with Crippen molar-refractivity contribution in [1.82, 2.24) is 9.78 Å². The van der Waals surface area contributed by atoms with Crippen LogP contribution in [0.15, 0.2) is 84.9 Å². The number of hydrogen-bond donors (Lipinski definition) is 0. The lowest BCUT2D eigenvalue weighted by atomic mass is 10.0. The number of hydrogen-bond acceptors (Lipinski definition) is 4. The van der Waals surface area contributed by atoms with Crippen molar-refractivity contribution in [2.45, 2.75) is 13.8 Å². The smallest absolute Gasteiger partial charge is 0.357 e. The molecule has 0 saturated heterocycles. The highest BCUT2D eigenvalue weighted by Crippen LogP contribution is 2.22. The molecule has 31 heavy (non-hydrogen) atoms. The van der Waals surface area contributed by atoms with Crippen molar-refractivity contribution in [1.29, 1.82) is 0 Å². The van der Waals surface area contributed by atoms with E-state index in [0.29, 0.717) is 11.3 Å². The van der Waals surface area contributed by atoms with Crippen LogP contribution in [-0.4, -0.2) is 28.1 Å². The average Bonchev–Trinajstić information content (AvgIpc) is 3.24. The van der Waals surface area contributed by atoms with E-state index in [0.717, 1.165) is 22.4 Å². The minimum atomic E-state index is -0.600. The normalized spacial score (nSPS) is 10.6. The van der Waals surface area contributed by atoms with E-state index in [1.54, 1.807) is 16.8 Å². The van der Waals surface area contributed by atoms with Crippen LogP contribution in [0.25, 0.3) is 16.9 Å². The van der Waals surface area contributed by atoms with E-state index in [9.17, 15) is 9.59 Å². The molecule has 4 rings (SSSR count). The van der Waals surface area contributed by atoms with Crippen LogP contribution in [0.4, 0.5) is 0 Å². The van der Waals surface area contributed by atoms with E-state index in [2.05, 4.69) is 5.10 Å². The van der Waals surface area contributed by atoms with Crippen LogP contribution >= 0.6 is 0 Å². The SMILES string of the molecule is Cc1ccc(C(=O)COC(=O)c2cc(-c3ccccc3)nn2-c2ccccc2)c(C)c1. The molecule has 154 valence electrons. The summed E-state index contributed by atoms with van der Waals surface area (Å²) in [5.41, 5.74) is 5.03. The van der Waals surface area contributed by atoms with Crippen LogP contribution in [0.2, 0.25) is 0 Å². The summed E-state index contributed by atoms with van der Waals surface area (Å²) in [4.78, 5) is 25.5. The number of benzene rings is 3. The Kier molecular flexibility index (Phi) is 5.76. The molecule has 0 amide bonds. The minimum absolute atomic E-state index is 0.236. The Morgan fingerprint density at radius 1 is 0.871 bits per heavy atom. The van der Waals surface area contributed by atoms with Gasteiger partial charge in [-0.15, -0.1) is 0 Å². The lowest BCUT2D eigenvalue weighted by Crippen LogP contribution is -2.17. The summed E-state index contributed by atoms with van der Waals surface area (Å²) in [5, 5.41) is 4.61. The highest BCUT2D eigenvalue weighted by atomic mass is 16.5. The van der Waals surface area contributed by atoms with Crippen LogP contribution in [-0.2, 0) is 4.74 Å². The molecule has 0 unspecified atom stereocenters. The highest BCUT2D eigenvalue weighted by molar-refractivity contribution is 6.00. The number of carbonyl (C=O) groups excluding carboxylic acids is 2. The molecule has 0 bridgehead atoms. The highest BCUT2D eigenvalue weighted by Gasteiger charge is 2.20. The number of nitrogens with zero attached hydrogens (tertiary/aromatic N) is 2. The standard InChI is InChI=1S/C26H22N2O3/c1-18-13-14-22(19(2)15-18)25(29)17-31-26(30)24-16-23(20-9-5-3-6-10-20)27-28(24)21-11-7-4-8-12-21/h3-16H,17H2,1-2H3. The quantitative estimate of drug-likeness (QED) is 0.324. The van der Waals surface area contributed by atoms with Crippen molar-refractivity contribution in [3.8, 4) is 16.9 Å². The van der Waals surface area contributed by atoms with Gasteiger partial charge in [-0.05, 0) is 37.6 Å². The van der Waals surface area contributed by atoms with Crippen LogP contribution < -0.4 is 0 Å². The molecule has 4 aromatic rings. The summed E-state index contributed by atoms with van der Waals surface area (Å²) in [6.07, 6.45) is 0. The average molecular weight is 410 g/mol. The molecule has 0 aliphatic heterocycles. The Balaban J connectivity index is 1.61.